The maximum atomic E-state index is 11.8. The fourth-order valence-electron chi connectivity index (χ4n) is 2.18. The second kappa shape index (κ2) is 6.66. The van der Waals surface area contributed by atoms with Gasteiger partial charge in [-0.1, -0.05) is 19.3 Å². The van der Waals surface area contributed by atoms with Crippen molar-refractivity contribution >= 4 is 11.8 Å². The quantitative estimate of drug-likeness (QED) is 0.677. The smallest absolute Gasteiger partial charge is 0.306 e. The molecule has 0 saturated heterocycles. The predicted octanol–water partition coefficient (Wildman–Crippen LogP) is 2.87. The number of hydrogen-bond donors (Lipinski definition) is 0. The number of Topliss-reactive ketones (excluding diaryl/α,β-unsaturated/α-hetero) is 1. The number of hydrogen-bond acceptors (Lipinski definition) is 3. The van der Waals surface area contributed by atoms with Gasteiger partial charge in [-0.15, -0.1) is 0 Å². The van der Waals surface area contributed by atoms with Crippen LogP contribution in [0.2, 0.25) is 0 Å². The molecule has 1 rings (SSSR count). The molecule has 0 bridgehead atoms. The Balaban J connectivity index is 2.21. The topological polar surface area (TPSA) is 43.4 Å². The van der Waals surface area contributed by atoms with Crippen molar-refractivity contribution in [2.45, 2.75) is 64.9 Å². The number of carbonyl (C=O) groups excluding carboxylic acids is 2. The van der Waals surface area contributed by atoms with Crippen molar-refractivity contribution in [1.29, 1.82) is 0 Å². The van der Waals surface area contributed by atoms with Gasteiger partial charge in [0.05, 0.1) is 12.5 Å². The van der Waals surface area contributed by atoms with Crippen LogP contribution in [-0.4, -0.2) is 17.9 Å². The third kappa shape index (κ3) is 4.77. The molecule has 0 amide bonds. The molecule has 0 atom stereocenters. The van der Waals surface area contributed by atoms with Crippen molar-refractivity contribution in [3.63, 3.8) is 0 Å². The molecule has 0 heterocycles. The monoisotopic (exact) mass is 226 g/mol. The van der Waals surface area contributed by atoms with Gasteiger partial charge in [0, 0.05) is 12.3 Å². The SMILES string of the molecule is CC(C)OC(=O)CCC(=O)C1CCCCC1. The fourth-order valence-corrected chi connectivity index (χ4v) is 2.18. The van der Waals surface area contributed by atoms with E-state index in [1.807, 2.05) is 13.8 Å². The number of esters is 1. The Kier molecular flexibility index (Phi) is 5.50. The molecule has 3 nitrogen and oxygen atoms in total. The molecule has 16 heavy (non-hydrogen) atoms. The summed E-state index contributed by atoms with van der Waals surface area (Å²) in [4.78, 5) is 23.0. The maximum absolute atomic E-state index is 11.8. The Labute approximate surface area is 97.5 Å². The predicted molar refractivity (Wildman–Crippen MR) is 62.0 cm³/mol. The van der Waals surface area contributed by atoms with E-state index in [9.17, 15) is 9.59 Å². The van der Waals surface area contributed by atoms with E-state index in [-0.39, 0.29) is 30.2 Å². The summed E-state index contributed by atoms with van der Waals surface area (Å²) in [5.74, 6) is 0.208. The summed E-state index contributed by atoms with van der Waals surface area (Å²) in [7, 11) is 0. The molecule has 1 saturated carbocycles. The zero-order valence-electron chi connectivity index (χ0n) is 10.3. The molecule has 0 N–H and O–H groups in total. The molecule has 0 aromatic carbocycles. The lowest BCUT2D eigenvalue weighted by atomic mass is 9.85. The summed E-state index contributed by atoms with van der Waals surface area (Å²) in [6, 6.07) is 0. The van der Waals surface area contributed by atoms with Gasteiger partial charge in [-0.3, -0.25) is 9.59 Å². The van der Waals surface area contributed by atoms with E-state index >= 15 is 0 Å². The van der Waals surface area contributed by atoms with Crippen molar-refractivity contribution in [3.8, 4) is 0 Å². The molecular weight excluding hydrogens is 204 g/mol. The van der Waals surface area contributed by atoms with Crippen LogP contribution in [0.15, 0.2) is 0 Å². The molecule has 92 valence electrons. The van der Waals surface area contributed by atoms with Crippen LogP contribution in [0.3, 0.4) is 0 Å². The minimum Gasteiger partial charge on any atom is -0.463 e. The van der Waals surface area contributed by atoms with Gasteiger partial charge in [0.1, 0.15) is 5.78 Å². The average molecular weight is 226 g/mol. The highest BCUT2D eigenvalue weighted by Gasteiger charge is 2.21. The third-order valence-electron chi connectivity index (χ3n) is 3.00. The lowest BCUT2D eigenvalue weighted by molar-refractivity contribution is -0.148. The lowest BCUT2D eigenvalue weighted by Crippen LogP contribution is -2.19. The summed E-state index contributed by atoms with van der Waals surface area (Å²) in [5, 5.41) is 0. The van der Waals surface area contributed by atoms with Crippen LogP contribution in [0.1, 0.15) is 58.8 Å². The Morgan fingerprint density at radius 2 is 1.75 bits per heavy atom. The lowest BCUT2D eigenvalue weighted by Gasteiger charge is -2.20. The first-order valence-corrected chi connectivity index (χ1v) is 6.32. The van der Waals surface area contributed by atoms with Gasteiger partial charge in [-0.2, -0.15) is 0 Å². The van der Waals surface area contributed by atoms with Crippen LogP contribution in [0.5, 0.6) is 0 Å². The molecule has 0 aromatic rings. The summed E-state index contributed by atoms with van der Waals surface area (Å²) in [5.41, 5.74) is 0. The number of ketones is 1. The van der Waals surface area contributed by atoms with Gasteiger partial charge < -0.3 is 4.74 Å². The standard InChI is InChI=1S/C13H22O3/c1-10(2)16-13(15)9-8-12(14)11-6-4-3-5-7-11/h10-11H,3-9H2,1-2H3. The van der Waals surface area contributed by atoms with E-state index in [2.05, 4.69) is 0 Å². The molecule has 1 aliphatic rings. The van der Waals surface area contributed by atoms with Crippen LogP contribution < -0.4 is 0 Å². The molecule has 3 heteroatoms. The first-order chi connectivity index (χ1) is 7.59. The second-order valence-corrected chi connectivity index (χ2v) is 4.84. The summed E-state index contributed by atoms with van der Waals surface area (Å²) >= 11 is 0. The minimum absolute atomic E-state index is 0.0858. The zero-order chi connectivity index (χ0) is 12.0. The van der Waals surface area contributed by atoms with E-state index in [0.717, 1.165) is 25.7 Å². The van der Waals surface area contributed by atoms with E-state index in [1.54, 1.807) is 0 Å². The van der Waals surface area contributed by atoms with Gasteiger partial charge in [0.15, 0.2) is 0 Å². The van der Waals surface area contributed by atoms with Crippen molar-refractivity contribution < 1.29 is 14.3 Å². The zero-order valence-corrected chi connectivity index (χ0v) is 10.3. The Morgan fingerprint density at radius 3 is 2.31 bits per heavy atom. The average Bonchev–Trinajstić information content (AvgIpc) is 2.26. The molecule has 1 fully saturated rings. The summed E-state index contributed by atoms with van der Waals surface area (Å²) in [6.07, 6.45) is 6.11. The highest BCUT2D eigenvalue weighted by atomic mass is 16.5. The molecule has 0 unspecified atom stereocenters. The van der Waals surface area contributed by atoms with Crippen LogP contribution in [0.4, 0.5) is 0 Å². The number of ether oxygens (including phenoxy) is 1. The third-order valence-corrected chi connectivity index (χ3v) is 3.00. The van der Waals surface area contributed by atoms with Crippen LogP contribution in [0.25, 0.3) is 0 Å². The molecule has 0 aromatic heterocycles. The van der Waals surface area contributed by atoms with Crippen molar-refractivity contribution in [2.75, 3.05) is 0 Å². The highest BCUT2D eigenvalue weighted by Crippen LogP contribution is 2.25. The Bertz CT molecular complexity index is 240. The largest absolute Gasteiger partial charge is 0.463 e. The van der Waals surface area contributed by atoms with Gasteiger partial charge in [-0.05, 0) is 26.7 Å². The Hall–Kier alpha value is -0.860. The summed E-state index contributed by atoms with van der Waals surface area (Å²) in [6.45, 7) is 3.64. The van der Waals surface area contributed by atoms with Gasteiger partial charge in [-0.25, -0.2) is 0 Å². The van der Waals surface area contributed by atoms with E-state index in [4.69, 9.17) is 4.74 Å². The molecule has 0 spiro atoms. The molecular formula is C13H22O3. The van der Waals surface area contributed by atoms with Crippen LogP contribution in [-0.2, 0) is 14.3 Å². The molecule has 0 aliphatic heterocycles. The van der Waals surface area contributed by atoms with Gasteiger partial charge in [0.2, 0.25) is 0 Å². The van der Waals surface area contributed by atoms with Crippen LogP contribution in [0, 0.1) is 5.92 Å². The number of rotatable bonds is 5. The second-order valence-electron chi connectivity index (χ2n) is 4.84. The summed E-state index contributed by atoms with van der Waals surface area (Å²) < 4.78 is 5.00. The van der Waals surface area contributed by atoms with E-state index in [0.29, 0.717) is 6.42 Å². The van der Waals surface area contributed by atoms with Gasteiger partial charge >= 0.3 is 5.97 Å². The first-order valence-electron chi connectivity index (χ1n) is 6.32. The molecule has 0 radical (unpaired) electrons. The normalized spacial score (nSPS) is 17.4. The van der Waals surface area contributed by atoms with Crippen molar-refractivity contribution in [2.24, 2.45) is 5.92 Å². The van der Waals surface area contributed by atoms with Crippen molar-refractivity contribution in [1.82, 2.24) is 0 Å². The fraction of sp³-hybridized carbons (Fsp3) is 0.846. The number of carbonyl (C=O) groups is 2. The highest BCUT2D eigenvalue weighted by molar-refractivity contribution is 5.84. The molecule has 1 aliphatic carbocycles. The van der Waals surface area contributed by atoms with E-state index in [1.165, 1.54) is 6.42 Å². The van der Waals surface area contributed by atoms with Crippen LogP contribution >= 0.6 is 0 Å². The minimum atomic E-state index is -0.251. The maximum Gasteiger partial charge on any atom is 0.306 e. The Morgan fingerprint density at radius 1 is 1.12 bits per heavy atom. The van der Waals surface area contributed by atoms with Crippen molar-refractivity contribution in [3.05, 3.63) is 0 Å². The van der Waals surface area contributed by atoms with Gasteiger partial charge in [0.25, 0.3) is 0 Å². The van der Waals surface area contributed by atoms with E-state index < -0.39 is 0 Å². The first kappa shape index (κ1) is 13.2.